The number of aromatic hydroxyl groups is 2. The van der Waals surface area contributed by atoms with Crippen molar-refractivity contribution in [3.05, 3.63) is 197 Å². The van der Waals surface area contributed by atoms with E-state index in [0.29, 0.717) is 77.1 Å². The molecule has 21 heteroatoms. The summed E-state index contributed by atoms with van der Waals surface area (Å²) in [5.74, 6) is 0.628. The monoisotopic (exact) mass is 1450 g/mol. The first-order valence-electron chi connectivity index (χ1n) is 38.7. The fraction of sp³-hybridized carbons (Fsp3) is 0.452. The van der Waals surface area contributed by atoms with E-state index in [9.17, 15) is 68.7 Å². The maximum Gasteiger partial charge on any atom is 0.373 e. The SMILES string of the molecule is CC(=O)N(CCCCCCCC(=O)c1ccccc1)CCC(=O)Cc1ccc(O)cc1.CC(=O)N(CCCCCCCC(=O)c1ccccc1)CCC(=O)Cc1ccc(OC2OCC(O)C(O)C2O)cc1.O=C=O.[2H]c1c([2H])c([2H])c(C(=O)CCCCCCCN(CCC(=O)Cc2ccc(O)cc2)C(C)=O)c([2H])c1[2H]. The highest BCUT2D eigenvalue weighted by atomic mass is 16.7. The lowest BCUT2D eigenvalue weighted by molar-refractivity contribution is -0.242. The average Bonchev–Trinajstić information content (AvgIpc) is 0.790. The number of Topliss-reactive ketones (excluding diaryl/α,β-unsaturated/α-hetero) is 6. The first kappa shape index (κ1) is 79.5. The molecule has 1 fully saturated rings. The van der Waals surface area contributed by atoms with Crippen LogP contribution in [0.5, 0.6) is 17.2 Å². The molecule has 1 aliphatic heterocycles. The maximum atomic E-state index is 12.6. The third-order valence-corrected chi connectivity index (χ3v) is 17.5. The van der Waals surface area contributed by atoms with Gasteiger partial charge in [0, 0.05) is 135 Å². The van der Waals surface area contributed by atoms with E-state index in [1.54, 1.807) is 82.3 Å². The maximum absolute atomic E-state index is 12.6. The summed E-state index contributed by atoms with van der Waals surface area (Å²) in [7, 11) is 0. The van der Waals surface area contributed by atoms with Crippen molar-refractivity contribution in [3.63, 3.8) is 0 Å². The van der Waals surface area contributed by atoms with Gasteiger partial charge < -0.3 is 49.7 Å². The minimum absolute atomic E-state index is 0.00843. The number of unbranched alkanes of at least 4 members (excludes halogenated alkanes) is 12. The largest absolute Gasteiger partial charge is 0.508 e. The molecule has 566 valence electrons. The molecular weight excluding hydrogens is 1340 g/mol. The van der Waals surface area contributed by atoms with E-state index < -0.39 is 60.6 Å². The predicted octanol–water partition coefficient (Wildman–Crippen LogP) is 12.4. The number of benzene rings is 6. The smallest absolute Gasteiger partial charge is 0.373 e. The minimum Gasteiger partial charge on any atom is -0.508 e. The Labute approximate surface area is 625 Å². The van der Waals surface area contributed by atoms with Gasteiger partial charge in [-0.25, -0.2) is 0 Å². The van der Waals surface area contributed by atoms with Crippen LogP contribution < -0.4 is 4.74 Å². The number of hydrogen-bond donors (Lipinski definition) is 5. The molecule has 21 nitrogen and oxygen atoms in total. The molecule has 4 atom stereocenters. The quantitative estimate of drug-likeness (QED) is 0.0175. The number of rotatable bonds is 44. The number of hydrogen-bond acceptors (Lipinski definition) is 18. The number of amides is 3. The molecule has 1 heterocycles. The summed E-state index contributed by atoms with van der Waals surface area (Å²) < 4.78 is 49.5. The van der Waals surface area contributed by atoms with Crippen LogP contribution in [-0.4, -0.2) is 169 Å². The molecule has 6 aromatic rings. The summed E-state index contributed by atoms with van der Waals surface area (Å²) in [6, 6.07) is 36.2. The van der Waals surface area contributed by atoms with Crippen LogP contribution in [0.2, 0.25) is 0 Å². The van der Waals surface area contributed by atoms with Crippen molar-refractivity contribution < 1.29 is 94.6 Å². The topological polar surface area (TPSA) is 317 Å². The molecule has 1 saturated heterocycles. The lowest BCUT2D eigenvalue weighted by Crippen LogP contribution is -2.54. The molecule has 5 N–H and O–H groups in total. The summed E-state index contributed by atoms with van der Waals surface area (Å²) in [6.07, 6.45) is 11.3. The van der Waals surface area contributed by atoms with Crippen molar-refractivity contribution in [2.24, 2.45) is 0 Å². The Hall–Kier alpha value is -9.63. The van der Waals surface area contributed by atoms with Crippen LogP contribution in [0.15, 0.2) is 164 Å². The molecule has 7 rings (SSSR count). The number of nitrogens with zero attached hydrogens (tertiary/aromatic N) is 3. The van der Waals surface area contributed by atoms with E-state index in [1.165, 1.54) is 26.0 Å². The van der Waals surface area contributed by atoms with Gasteiger partial charge in [-0.05, 0) is 91.6 Å². The lowest BCUT2D eigenvalue weighted by atomic mass is 10.0. The molecule has 4 unspecified atom stereocenters. The van der Waals surface area contributed by atoms with Gasteiger partial charge >= 0.3 is 6.15 Å². The van der Waals surface area contributed by atoms with Gasteiger partial charge in [-0.2, -0.15) is 9.59 Å². The minimum atomic E-state index is -1.38. The number of ether oxygens (including phenoxy) is 2. The molecule has 3 amide bonds. The number of aliphatic hydroxyl groups excluding tert-OH is 3. The highest BCUT2D eigenvalue weighted by molar-refractivity contribution is 5.97. The van der Waals surface area contributed by atoms with Gasteiger partial charge in [0.2, 0.25) is 24.0 Å². The summed E-state index contributed by atoms with van der Waals surface area (Å²) in [5.41, 5.74) is 3.75. The van der Waals surface area contributed by atoms with Crippen molar-refractivity contribution in [2.45, 2.75) is 199 Å². The zero-order valence-corrected chi connectivity index (χ0v) is 60.8. The second-order valence-electron chi connectivity index (χ2n) is 25.9. The fourth-order valence-corrected chi connectivity index (χ4v) is 11.3. The molecule has 0 aliphatic carbocycles. The number of aliphatic hydroxyl groups is 3. The Morgan fingerprint density at radius 1 is 0.410 bits per heavy atom. The second-order valence-corrected chi connectivity index (χ2v) is 25.9. The van der Waals surface area contributed by atoms with Crippen molar-refractivity contribution in [3.8, 4) is 17.2 Å². The van der Waals surface area contributed by atoms with Crippen LogP contribution in [0.1, 0.15) is 210 Å². The number of phenolic OH excluding ortho intramolecular Hbond substituents is 2. The van der Waals surface area contributed by atoms with E-state index >= 15 is 0 Å². The van der Waals surface area contributed by atoms with Crippen molar-refractivity contribution in [1.29, 1.82) is 0 Å². The summed E-state index contributed by atoms with van der Waals surface area (Å²) >= 11 is 0. The first-order chi connectivity index (χ1) is 52.6. The van der Waals surface area contributed by atoms with Gasteiger partial charge in [0.25, 0.3) is 0 Å². The number of phenols is 2. The highest BCUT2D eigenvalue weighted by Gasteiger charge is 2.39. The van der Waals surface area contributed by atoms with Crippen LogP contribution in [0, 0.1) is 0 Å². The highest BCUT2D eigenvalue weighted by Crippen LogP contribution is 2.23. The van der Waals surface area contributed by atoms with Gasteiger partial charge in [-0.1, -0.05) is 185 Å². The lowest BCUT2D eigenvalue weighted by Gasteiger charge is -2.34. The summed E-state index contributed by atoms with van der Waals surface area (Å²) in [4.78, 5) is 131. The van der Waals surface area contributed by atoms with E-state index in [2.05, 4.69) is 0 Å². The molecule has 0 spiro atoms. The Bertz CT molecular complexity index is 3850. The molecule has 0 bridgehead atoms. The van der Waals surface area contributed by atoms with Crippen LogP contribution in [0.4, 0.5) is 0 Å². The predicted molar refractivity (Wildman–Crippen MR) is 398 cm³/mol. The van der Waals surface area contributed by atoms with Gasteiger partial charge in [0.05, 0.1) is 13.5 Å². The summed E-state index contributed by atoms with van der Waals surface area (Å²) in [5, 5.41) is 47.9. The van der Waals surface area contributed by atoms with E-state index in [-0.39, 0.29) is 109 Å². The molecular formula is C84H107N3O18. The standard InChI is InChI=1S/C31H41NO8.2C26H33NO4.CO2/c1-22(33)32(18-9-4-2-3-8-12-27(35)24-10-6-5-7-11-24)19-17-25(34)20-23-13-15-26(16-14-23)40-31-30(38)29(37)28(36)21-39-31;2*1-21(28)27(19-17-25(30)20-22-13-15-24(29)16-14-22)18-9-4-2-3-8-12-26(31)23-10-6-5-7-11-23;2-1-3/h5-7,10-11,13-16,28-31,36-38H,2-4,8-9,12,17-21H2,1H3;2*5-7,10-11,13-16,29H,2-4,8-9,12,17-20H2,1H3;/i;5D,6D,7D,10D,11D;;. The van der Waals surface area contributed by atoms with Gasteiger partial charge in [0.1, 0.15) is 52.9 Å². The Balaban J connectivity index is 0.000000344. The number of ketones is 6. The van der Waals surface area contributed by atoms with Crippen LogP contribution >= 0.6 is 0 Å². The van der Waals surface area contributed by atoms with Gasteiger partial charge in [0.15, 0.2) is 17.3 Å². The number of carbonyl (C=O) groups is 9. The van der Waals surface area contributed by atoms with Crippen molar-refractivity contribution in [2.75, 3.05) is 45.9 Å². The van der Waals surface area contributed by atoms with Gasteiger partial charge in [-0.3, -0.25) is 43.2 Å². The molecule has 6 aromatic carbocycles. The van der Waals surface area contributed by atoms with E-state index in [1.807, 2.05) is 60.7 Å². The van der Waals surface area contributed by atoms with Crippen LogP contribution in [0.3, 0.4) is 0 Å². The van der Waals surface area contributed by atoms with E-state index in [4.69, 9.17) is 25.9 Å². The fourth-order valence-electron chi connectivity index (χ4n) is 11.3. The van der Waals surface area contributed by atoms with Crippen molar-refractivity contribution in [1.82, 2.24) is 14.7 Å². The second kappa shape index (κ2) is 51.5. The van der Waals surface area contributed by atoms with E-state index in [0.717, 1.165) is 118 Å². The first-order valence-corrected chi connectivity index (χ1v) is 36.2. The number of carbonyl (C=O) groups excluding carboxylic acids is 11. The Morgan fingerprint density at radius 2 is 0.724 bits per heavy atom. The molecule has 1 aliphatic rings. The molecule has 105 heavy (non-hydrogen) atoms. The zero-order valence-electron chi connectivity index (χ0n) is 65.8. The molecule has 0 saturated carbocycles. The zero-order chi connectivity index (χ0) is 80.9. The molecule has 0 radical (unpaired) electrons. The van der Waals surface area contributed by atoms with Gasteiger partial charge in [-0.15, -0.1) is 0 Å². The molecule has 0 aromatic heterocycles. The summed E-state index contributed by atoms with van der Waals surface area (Å²) in [6.45, 7) is 7.39. The van der Waals surface area contributed by atoms with Crippen LogP contribution in [0.25, 0.3) is 0 Å². The third-order valence-electron chi connectivity index (χ3n) is 17.5. The Morgan fingerprint density at radius 3 is 1.07 bits per heavy atom. The normalized spacial score (nSPS) is 14.9. The average molecular weight is 1450 g/mol. The third kappa shape index (κ3) is 37.6. The Kier molecular flexibility index (Phi) is 39.0. The van der Waals surface area contributed by atoms with Crippen LogP contribution in [-0.2, 0) is 62.4 Å². The van der Waals surface area contributed by atoms with Crippen molar-refractivity contribution >= 4 is 58.6 Å².